The Morgan fingerprint density at radius 3 is 2.94 bits per heavy atom. The zero-order valence-corrected chi connectivity index (χ0v) is 11.1. The van der Waals surface area contributed by atoms with Crippen molar-refractivity contribution >= 4 is 5.91 Å². The van der Waals surface area contributed by atoms with Crippen molar-refractivity contribution in [2.45, 2.75) is 26.3 Å². The minimum Gasteiger partial charge on any atom is -0.467 e. The number of furan rings is 1. The number of hydrogen-bond acceptors (Lipinski definition) is 4. The number of amides is 1. The Bertz CT molecular complexity index is 338. The first kappa shape index (κ1) is 14.7. The molecule has 1 heterocycles. The van der Waals surface area contributed by atoms with Crippen LogP contribution in [-0.4, -0.2) is 42.2 Å². The molecule has 0 radical (unpaired) electrons. The molecule has 0 aliphatic carbocycles. The Kier molecular flexibility index (Phi) is 6.46. The number of likely N-dealkylation sites (N-methyl/N-ethyl adjacent to an activating group) is 1. The van der Waals surface area contributed by atoms with Gasteiger partial charge in [0.1, 0.15) is 5.76 Å². The fraction of sp³-hybridized carbons (Fsp3) is 0.615. The molecule has 0 fully saturated rings. The molecule has 102 valence electrons. The van der Waals surface area contributed by atoms with E-state index in [0.29, 0.717) is 13.0 Å². The van der Waals surface area contributed by atoms with Crippen molar-refractivity contribution in [3.63, 3.8) is 0 Å². The van der Waals surface area contributed by atoms with E-state index < -0.39 is 0 Å². The average molecular weight is 254 g/mol. The average Bonchev–Trinajstić information content (AvgIpc) is 2.88. The van der Waals surface area contributed by atoms with Gasteiger partial charge in [-0.3, -0.25) is 9.69 Å². The summed E-state index contributed by atoms with van der Waals surface area (Å²) in [6.07, 6.45) is 2.28. The molecule has 2 N–H and O–H groups in total. The molecule has 0 bridgehead atoms. The lowest BCUT2D eigenvalue weighted by atomic mass is 10.2. The maximum absolute atomic E-state index is 11.8. The summed E-state index contributed by atoms with van der Waals surface area (Å²) < 4.78 is 5.23. The second-order valence-electron chi connectivity index (χ2n) is 4.25. The smallest absolute Gasteiger partial charge is 0.234 e. The number of carbonyl (C=O) groups excluding carboxylic acids is 1. The molecule has 0 saturated carbocycles. The van der Waals surface area contributed by atoms with E-state index in [-0.39, 0.29) is 18.6 Å². The summed E-state index contributed by atoms with van der Waals surface area (Å²) in [4.78, 5) is 13.8. The first-order valence-electron chi connectivity index (χ1n) is 6.33. The predicted octanol–water partition coefficient (Wildman–Crippen LogP) is 1.16. The minimum atomic E-state index is -0.121. The second kappa shape index (κ2) is 7.89. The summed E-state index contributed by atoms with van der Waals surface area (Å²) in [6, 6.07) is 3.52. The largest absolute Gasteiger partial charge is 0.467 e. The molecule has 1 aromatic heterocycles. The summed E-state index contributed by atoms with van der Waals surface area (Å²) in [6.45, 7) is 5.92. The number of aliphatic hydroxyl groups is 1. The molecule has 0 aliphatic heterocycles. The molecule has 0 aliphatic rings. The molecule has 1 amide bonds. The molecule has 0 aromatic carbocycles. The topological polar surface area (TPSA) is 65.7 Å². The van der Waals surface area contributed by atoms with Gasteiger partial charge >= 0.3 is 0 Å². The quantitative estimate of drug-likeness (QED) is 0.730. The summed E-state index contributed by atoms with van der Waals surface area (Å²) in [7, 11) is 0. The van der Waals surface area contributed by atoms with Gasteiger partial charge in [0, 0.05) is 13.2 Å². The van der Waals surface area contributed by atoms with Crippen LogP contribution in [0, 0.1) is 0 Å². The van der Waals surface area contributed by atoms with Crippen LogP contribution in [0.25, 0.3) is 0 Å². The molecule has 0 spiro atoms. The van der Waals surface area contributed by atoms with Crippen LogP contribution < -0.4 is 5.32 Å². The van der Waals surface area contributed by atoms with Crippen molar-refractivity contribution in [3.05, 3.63) is 24.2 Å². The third-order valence-corrected chi connectivity index (χ3v) is 2.79. The molecule has 1 atom stereocenters. The summed E-state index contributed by atoms with van der Waals surface area (Å²) in [5.74, 6) is 0.723. The summed E-state index contributed by atoms with van der Waals surface area (Å²) in [5.41, 5.74) is 0. The van der Waals surface area contributed by atoms with Gasteiger partial charge < -0.3 is 14.8 Å². The Labute approximate surface area is 108 Å². The normalized spacial score (nSPS) is 12.7. The zero-order valence-electron chi connectivity index (χ0n) is 11.1. The van der Waals surface area contributed by atoms with Crippen LogP contribution in [0.4, 0.5) is 0 Å². The Morgan fingerprint density at radius 1 is 1.61 bits per heavy atom. The van der Waals surface area contributed by atoms with E-state index >= 15 is 0 Å². The molecule has 5 nitrogen and oxygen atoms in total. The van der Waals surface area contributed by atoms with Gasteiger partial charge in [-0.25, -0.2) is 0 Å². The second-order valence-corrected chi connectivity index (χ2v) is 4.25. The molecule has 1 unspecified atom stereocenters. The lowest BCUT2D eigenvalue weighted by Crippen LogP contribution is -2.38. The highest BCUT2D eigenvalue weighted by Gasteiger charge is 2.14. The van der Waals surface area contributed by atoms with E-state index in [4.69, 9.17) is 9.52 Å². The van der Waals surface area contributed by atoms with Crippen LogP contribution in [0.15, 0.2) is 22.8 Å². The highest BCUT2D eigenvalue weighted by molar-refractivity contribution is 5.78. The van der Waals surface area contributed by atoms with Gasteiger partial charge in [0.2, 0.25) is 5.91 Å². The van der Waals surface area contributed by atoms with E-state index in [0.717, 1.165) is 18.8 Å². The van der Waals surface area contributed by atoms with Gasteiger partial charge in [-0.05, 0) is 32.0 Å². The van der Waals surface area contributed by atoms with Gasteiger partial charge in [0.25, 0.3) is 0 Å². The molecule has 18 heavy (non-hydrogen) atoms. The van der Waals surface area contributed by atoms with E-state index in [2.05, 4.69) is 5.32 Å². The number of aliphatic hydroxyl groups excluding tert-OH is 1. The fourth-order valence-electron chi connectivity index (χ4n) is 1.74. The number of rotatable bonds is 8. The zero-order chi connectivity index (χ0) is 13.4. The lowest BCUT2D eigenvalue weighted by molar-refractivity contribution is -0.123. The van der Waals surface area contributed by atoms with E-state index in [1.54, 1.807) is 12.3 Å². The lowest BCUT2D eigenvalue weighted by Gasteiger charge is -2.20. The van der Waals surface area contributed by atoms with E-state index in [1.807, 2.05) is 24.8 Å². The van der Waals surface area contributed by atoms with E-state index in [9.17, 15) is 4.79 Å². The first-order chi connectivity index (χ1) is 8.67. The van der Waals surface area contributed by atoms with E-state index in [1.165, 1.54) is 0 Å². The predicted molar refractivity (Wildman–Crippen MR) is 69.1 cm³/mol. The Balaban J connectivity index is 2.35. The number of nitrogens with zero attached hydrogens (tertiary/aromatic N) is 1. The van der Waals surface area contributed by atoms with Crippen LogP contribution in [0.3, 0.4) is 0 Å². The van der Waals surface area contributed by atoms with Gasteiger partial charge in [-0.15, -0.1) is 0 Å². The van der Waals surface area contributed by atoms with Crippen molar-refractivity contribution in [3.8, 4) is 0 Å². The van der Waals surface area contributed by atoms with Gasteiger partial charge in [0.05, 0.1) is 18.8 Å². The molecule has 5 heteroatoms. The first-order valence-corrected chi connectivity index (χ1v) is 6.33. The highest BCUT2D eigenvalue weighted by atomic mass is 16.3. The van der Waals surface area contributed by atoms with Crippen molar-refractivity contribution < 1.29 is 14.3 Å². The van der Waals surface area contributed by atoms with Crippen molar-refractivity contribution in [1.29, 1.82) is 0 Å². The summed E-state index contributed by atoms with van der Waals surface area (Å²) in [5, 5.41) is 11.7. The van der Waals surface area contributed by atoms with Crippen LogP contribution >= 0.6 is 0 Å². The molecule has 1 rings (SSSR count). The highest BCUT2D eigenvalue weighted by Crippen LogP contribution is 2.11. The number of hydrogen-bond donors (Lipinski definition) is 2. The standard InChI is InChI=1S/C13H22N2O3/c1-3-15(7-5-8-16)10-13(17)14-11(2)12-6-4-9-18-12/h4,6,9,11,16H,3,5,7-8,10H2,1-2H3,(H,14,17). The monoisotopic (exact) mass is 254 g/mol. The number of carbonyl (C=O) groups is 1. The van der Waals surface area contributed by atoms with Crippen LogP contribution in [0.5, 0.6) is 0 Å². The van der Waals surface area contributed by atoms with Crippen LogP contribution in [0.1, 0.15) is 32.1 Å². The maximum atomic E-state index is 11.8. The minimum absolute atomic E-state index is 0.0290. The number of nitrogens with one attached hydrogen (secondary N) is 1. The SMILES string of the molecule is CCN(CCCO)CC(=O)NC(C)c1ccco1. The molecular formula is C13H22N2O3. The Morgan fingerprint density at radius 2 is 2.39 bits per heavy atom. The van der Waals surface area contributed by atoms with Gasteiger partial charge in [-0.2, -0.15) is 0 Å². The third-order valence-electron chi connectivity index (χ3n) is 2.79. The van der Waals surface area contributed by atoms with Gasteiger partial charge in [-0.1, -0.05) is 6.92 Å². The van der Waals surface area contributed by atoms with Crippen molar-refractivity contribution in [2.75, 3.05) is 26.2 Å². The maximum Gasteiger partial charge on any atom is 0.234 e. The molecule has 0 saturated heterocycles. The Hall–Kier alpha value is -1.33. The fourth-order valence-corrected chi connectivity index (χ4v) is 1.74. The molecule has 1 aromatic rings. The molecular weight excluding hydrogens is 232 g/mol. The van der Waals surface area contributed by atoms with Crippen LogP contribution in [-0.2, 0) is 4.79 Å². The summed E-state index contributed by atoms with van der Waals surface area (Å²) >= 11 is 0. The van der Waals surface area contributed by atoms with Crippen molar-refractivity contribution in [2.24, 2.45) is 0 Å². The van der Waals surface area contributed by atoms with Crippen LogP contribution in [0.2, 0.25) is 0 Å². The third kappa shape index (κ3) is 4.89. The van der Waals surface area contributed by atoms with Crippen molar-refractivity contribution in [1.82, 2.24) is 10.2 Å². The van der Waals surface area contributed by atoms with Gasteiger partial charge in [0.15, 0.2) is 0 Å².